The van der Waals surface area contributed by atoms with Crippen molar-refractivity contribution >= 4 is 6.03 Å². The molecule has 13 heavy (non-hydrogen) atoms. The molecular weight excluding hydrogens is 168 g/mol. The van der Waals surface area contributed by atoms with E-state index in [4.69, 9.17) is 0 Å². The summed E-state index contributed by atoms with van der Waals surface area (Å²) in [6.07, 6.45) is 2.49. The minimum Gasteiger partial charge on any atom is -0.391 e. The zero-order chi connectivity index (χ0) is 9.68. The van der Waals surface area contributed by atoms with Crippen LogP contribution in [-0.2, 0) is 0 Å². The number of carbonyl (C=O) groups is 1. The van der Waals surface area contributed by atoms with E-state index in [1.54, 1.807) is 4.90 Å². The molecular formula is C9H18N2O2. The van der Waals surface area contributed by atoms with Gasteiger partial charge < -0.3 is 15.3 Å². The lowest BCUT2D eigenvalue weighted by Crippen LogP contribution is -2.39. The fraction of sp³-hybridized carbons (Fsp3) is 0.889. The topological polar surface area (TPSA) is 52.6 Å². The molecule has 2 amide bonds. The van der Waals surface area contributed by atoms with E-state index in [-0.39, 0.29) is 12.1 Å². The van der Waals surface area contributed by atoms with Crippen molar-refractivity contribution in [2.24, 2.45) is 0 Å². The Morgan fingerprint density at radius 2 is 2.46 bits per heavy atom. The number of rotatable bonds is 3. The molecule has 1 atom stereocenters. The van der Waals surface area contributed by atoms with E-state index >= 15 is 0 Å². The van der Waals surface area contributed by atoms with Gasteiger partial charge in [-0.15, -0.1) is 0 Å². The lowest BCUT2D eigenvalue weighted by atomic mass is 10.3. The number of nitrogens with zero attached hydrogens (tertiary/aromatic N) is 1. The number of β-amino-alcohol motifs (C(OH)–C–C–N with tert-alkyl or cyclic N) is 1. The minimum absolute atomic E-state index is 0.0370. The zero-order valence-corrected chi connectivity index (χ0v) is 8.12. The number of hydrogen-bond donors (Lipinski definition) is 2. The summed E-state index contributed by atoms with van der Waals surface area (Å²) in [5.74, 6) is 0. The number of carbonyl (C=O) groups excluding carboxylic acids is 1. The quantitative estimate of drug-likeness (QED) is 0.633. The Balaban J connectivity index is 2.16. The summed E-state index contributed by atoms with van der Waals surface area (Å²) < 4.78 is 0. The first-order valence-corrected chi connectivity index (χ1v) is 4.95. The van der Waals surface area contributed by atoms with Crippen LogP contribution in [0.5, 0.6) is 0 Å². The Labute approximate surface area is 78.9 Å². The highest BCUT2D eigenvalue weighted by molar-refractivity contribution is 5.74. The smallest absolute Gasteiger partial charge is 0.317 e. The van der Waals surface area contributed by atoms with Crippen LogP contribution in [-0.4, -0.2) is 41.8 Å². The Hall–Kier alpha value is -0.770. The predicted octanol–water partition coefficient (Wildman–Crippen LogP) is 0.563. The molecule has 76 valence electrons. The summed E-state index contributed by atoms with van der Waals surface area (Å²) in [7, 11) is 0. The SMILES string of the molecule is CCCCNC(=O)N1CCC(O)C1. The molecule has 0 aromatic rings. The maximum absolute atomic E-state index is 11.4. The zero-order valence-electron chi connectivity index (χ0n) is 8.12. The first-order valence-electron chi connectivity index (χ1n) is 4.95. The maximum Gasteiger partial charge on any atom is 0.317 e. The van der Waals surface area contributed by atoms with Crippen molar-refractivity contribution in [2.75, 3.05) is 19.6 Å². The van der Waals surface area contributed by atoms with Gasteiger partial charge in [-0.25, -0.2) is 4.79 Å². The molecule has 1 aliphatic heterocycles. The van der Waals surface area contributed by atoms with Crippen molar-refractivity contribution in [2.45, 2.75) is 32.3 Å². The van der Waals surface area contributed by atoms with E-state index in [1.165, 1.54) is 0 Å². The van der Waals surface area contributed by atoms with Crippen LogP contribution in [0.15, 0.2) is 0 Å². The van der Waals surface area contributed by atoms with Crippen LogP contribution in [0.3, 0.4) is 0 Å². The summed E-state index contributed by atoms with van der Waals surface area (Å²) in [5, 5.41) is 12.0. The van der Waals surface area contributed by atoms with E-state index < -0.39 is 0 Å². The molecule has 0 saturated carbocycles. The van der Waals surface area contributed by atoms with Gasteiger partial charge in [0.2, 0.25) is 0 Å². The summed E-state index contributed by atoms with van der Waals surface area (Å²) in [5.41, 5.74) is 0. The number of aliphatic hydroxyl groups is 1. The average Bonchev–Trinajstić information content (AvgIpc) is 2.52. The molecule has 2 N–H and O–H groups in total. The average molecular weight is 186 g/mol. The highest BCUT2D eigenvalue weighted by Gasteiger charge is 2.23. The van der Waals surface area contributed by atoms with Crippen LogP contribution in [0.2, 0.25) is 0 Å². The number of nitrogens with one attached hydrogen (secondary N) is 1. The van der Waals surface area contributed by atoms with E-state index in [9.17, 15) is 9.90 Å². The lowest BCUT2D eigenvalue weighted by molar-refractivity contribution is 0.172. The fourth-order valence-corrected chi connectivity index (χ4v) is 1.41. The van der Waals surface area contributed by atoms with E-state index in [2.05, 4.69) is 12.2 Å². The summed E-state index contributed by atoms with van der Waals surface area (Å²) >= 11 is 0. The van der Waals surface area contributed by atoms with Gasteiger partial charge in [0.15, 0.2) is 0 Å². The normalized spacial score (nSPS) is 22.0. The summed E-state index contributed by atoms with van der Waals surface area (Å²) in [6, 6.07) is -0.0370. The van der Waals surface area contributed by atoms with Crippen molar-refractivity contribution in [1.29, 1.82) is 0 Å². The van der Waals surface area contributed by atoms with Gasteiger partial charge in [0.1, 0.15) is 0 Å². The number of likely N-dealkylation sites (tertiary alicyclic amines) is 1. The van der Waals surface area contributed by atoms with Crippen molar-refractivity contribution in [1.82, 2.24) is 10.2 Å². The van der Waals surface area contributed by atoms with Crippen LogP contribution in [0.25, 0.3) is 0 Å². The molecule has 1 unspecified atom stereocenters. The molecule has 0 bridgehead atoms. The van der Waals surface area contributed by atoms with Crippen LogP contribution < -0.4 is 5.32 Å². The maximum atomic E-state index is 11.4. The standard InChI is InChI=1S/C9H18N2O2/c1-2-3-5-10-9(13)11-6-4-8(12)7-11/h8,12H,2-7H2,1H3,(H,10,13). The Morgan fingerprint density at radius 3 is 3.00 bits per heavy atom. The van der Waals surface area contributed by atoms with Crippen LogP contribution >= 0.6 is 0 Å². The monoisotopic (exact) mass is 186 g/mol. The van der Waals surface area contributed by atoms with E-state index in [0.29, 0.717) is 19.5 Å². The third-order valence-corrected chi connectivity index (χ3v) is 2.26. The second kappa shape index (κ2) is 5.07. The molecule has 0 spiro atoms. The van der Waals surface area contributed by atoms with Crippen LogP contribution in [0, 0.1) is 0 Å². The van der Waals surface area contributed by atoms with Gasteiger partial charge in [0.05, 0.1) is 6.10 Å². The third kappa shape index (κ3) is 3.22. The second-order valence-electron chi connectivity index (χ2n) is 3.47. The molecule has 0 aromatic carbocycles. The molecule has 0 radical (unpaired) electrons. The number of unbranched alkanes of at least 4 members (excludes halogenated alkanes) is 1. The molecule has 1 fully saturated rings. The number of amides is 2. The Morgan fingerprint density at radius 1 is 1.69 bits per heavy atom. The number of aliphatic hydroxyl groups excluding tert-OH is 1. The molecule has 1 saturated heterocycles. The second-order valence-corrected chi connectivity index (χ2v) is 3.47. The molecule has 1 aliphatic rings. The highest BCUT2D eigenvalue weighted by Crippen LogP contribution is 2.08. The van der Waals surface area contributed by atoms with Crippen LogP contribution in [0.1, 0.15) is 26.2 Å². The summed E-state index contributed by atoms with van der Waals surface area (Å²) in [4.78, 5) is 13.0. The number of hydrogen-bond acceptors (Lipinski definition) is 2. The molecule has 4 heteroatoms. The molecule has 1 rings (SSSR count). The molecule has 0 aromatic heterocycles. The van der Waals surface area contributed by atoms with Crippen molar-refractivity contribution in [3.8, 4) is 0 Å². The van der Waals surface area contributed by atoms with Crippen molar-refractivity contribution in [3.05, 3.63) is 0 Å². The fourth-order valence-electron chi connectivity index (χ4n) is 1.41. The number of urea groups is 1. The molecule has 0 aliphatic carbocycles. The first-order chi connectivity index (χ1) is 6.24. The van der Waals surface area contributed by atoms with Crippen molar-refractivity contribution in [3.63, 3.8) is 0 Å². The van der Waals surface area contributed by atoms with Gasteiger partial charge in [-0.2, -0.15) is 0 Å². The van der Waals surface area contributed by atoms with Gasteiger partial charge in [-0.3, -0.25) is 0 Å². The summed E-state index contributed by atoms with van der Waals surface area (Å²) in [6.45, 7) is 3.99. The minimum atomic E-state index is -0.322. The lowest BCUT2D eigenvalue weighted by Gasteiger charge is -2.15. The van der Waals surface area contributed by atoms with Gasteiger partial charge in [0.25, 0.3) is 0 Å². The third-order valence-electron chi connectivity index (χ3n) is 2.26. The highest BCUT2D eigenvalue weighted by atomic mass is 16.3. The molecule has 4 nitrogen and oxygen atoms in total. The van der Waals surface area contributed by atoms with E-state index in [1.807, 2.05) is 0 Å². The van der Waals surface area contributed by atoms with Gasteiger partial charge >= 0.3 is 6.03 Å². The van der Waals surface area contributed by atoms with E-state index in [0.717, 1.165) is 19.4 Å². The van der Waals surface area contributed by atoms with Crippen molar-refractivity contribution < 1.29 is 9.90 Å². The molecule has 1 heterocycles. The largest absolute Gasteiger partial charge is 0.391 e. The van der Waals surface area contributed by atoms with Gasteiger partial charge in [0, 0.05) is 19.6 Å². The first kappa shape index (κ1) is 10.3. The van der Waals surface area contributed by atoms with Crippen LogP contribution in [0.4, 0.5) is 4.79 Å². The Bertz CT molecular complexity index is 173. The van der Waals surface area contributed by atoms with Gasteiger partial charge in [-0.05, 0) is 12.8 Å². The van der Waals surface area contributed by atoms with Gasteiger partial charge in [-0.1, -0.05) is 13.3 Å². The Kier molecular flexibility index (Phi) is 4.02. The predicted molar refractivity (Wildman–Crippen MR) is 50.5 cm³/mol.